The summed E-state index contributed by atoms with van der Waals surface area (Å²) in [6.07, 6.45) is 3.29. The van der Waals surface area contributed by atoms with Gasteiger partial charge in [0.25, 0.3) is 0 Å². The van der Waals surface area contributed by atoms with Crippen molar-refractivity contribution in [1.29, 1.82) is 0 Å². The second-order valence-electron chi connectivity index (χ2n) is 7.99. The second kappa shape index (κ2) is 7.34. The number of nitrogens with zero attached hydrogens (tertiary/aromatic N) is 6. The summed E-state index contributed by atoms with van der Waals surface area (Å²) in [7, 11) is 1.18. The van der Waals surface area contributed by atoms with Gasteiger partial charge < -0.3 is 18.9 Å². The highest BCUT2D eigenvalue weighted by Gasteiger charge is 2.45. The number of hydrogen-bond acceptors (Lipinski definition) is 8. The van der Waals surface area contributed by atoms with Gasteiger partial charge in [-0.3, -0.25) is 0 Å². The largest absolute Gasteiger partial charge is 0.497 e. The number of fused-ring (bicyclic) bond motifs is 2. The Morgan fingerprint density at radius 3 is 2.42 bits per heavy atom. The van der Waals surface area contributed by atoms with E-state index in [1.165, 1.54) is 20.3 Å². The van der Waals surface area contributed by atoms with Crippen LogP contribution in [0.4, 0.5) is 5.82 Å². The highest BCUT2D eigenvalue weighted by atomic mass is 32.2. The van der Waals surface area contributed by atoms with Gasteiger partial charge in [-0.15, -0.1) is 0 Å². The SMILES string of the molecule is COc1ccc(OC)c(S(=O)(=O)N2CC3CN(c4ncnc5c4ncn5C)CC3C2)c1. The van der Waals surface area contributed by atoms with Crippen LogP contribution >= 0.6 is 0 Å². The molecule has 164 valence electrons. The first-order valence-electron chi connectivity index (χ1n) is 10.0. The fourth-order valence-electron chi connectivity index (χ4n) is 4.61. The van der Waals surface area contributed by atoms with E-state index in [4.69, 9.17) is 9.47 Å². The van der Waals surface area contributed by atoms with E-state index < -0.39 is 10.0 Å². The maximum atomic E-state index is 13.4. The van der Waals surface area contributed by atoms with Crippen molar-refractivity contribution in [3.05, 3.63) is 30.9 Å². The third-order valence-corrected chi connectivity index (χ3v) is 8.07. The van der Waals surface area contributed by atoms with Crippen molar-refractivity contribution in [2.24, 2.45) is 18.9 Å². The van der Waals surface area contributed by atoms with Gasteiger partial charge in [0.05, 0.1) is 20.5 Å². The van der Waals surface area contributed by atoms with Crippen LogP contribution in [0.2, 0.25) is 0 Å². The van der Waals surface area contributed by atoms with E-state index in [-0.39, 0.29) is 16.7 Å². The van der Waals surface area contributed by atoms with E-state index in [1.807, 2.05) is 11.6 Å². The Morgan fingerprint density at radius 1 is 1.00 bits per heavy atom. The van der Waals surface area contributed by atoms with E-state index in [0.29, 0.717) is 24.6 Å². The van der Waals surface area contributed by atoms with Crippen LogP contribution in [0.3, 0.4) is 0 Å². The molecule has 10 nitrogen and oxygen atoms in total. The van der Waals surface area contributed by atoms with Crippen molar-refractivity contribution in [1.82, 2.24) is 23.8 Å². The Morgan fingerprint density at radius 2 is 1.74 bits per heavy atom. The number of rotatable bonds is 5. The molecule has 5 rings (SSSR count). The topological polar surface area (TPSA) is 103 Å². The molecule has 0 amide bonds. The lowest BCUT2D eigenvalue weighted by atomic mass is 10.0. The zero-order valence-electron chi connectivity index (χ0n) is 17.6. The van der Waals surface area contributed by atoms with Gasteiger partial charge in [-0.2, -0.15) is 4.31 Å². The van der Waals surface area contributed by atoms with E-state index in [1.54, 1.807) is 29.1 Å². The fourth-order valence-corrected chi connectivity index (χ4v) is 6.33. The molecule has 3 aromatic rings. The van der Waals surface area contributed by atoms with Gasteiger partial charge >= 0.3 is 0 Å². The van der Waals surface area contributed by atoms with Crippen molar-refractivity contribution in [2.45, 2.75) is 4.90 Å². The molecule has 1 aromatic carbocycles. The molecular formula is C20H24N6O4S. The number of benzene rings is 1. The Bertz CT molecular complexity index is 1230. The van der Waals surface area contributed by atoms with E-state index >= 15 is 0 Å². The van der Waals surface area contributed by atoms with Crippen LogP contribution in [0, 0.1) is 11.8 Å². The van der Waals surface area contributed by atoms with Gasteiger partial charge in [0, 0.05) is 39.3 Å². The van der Waals surface area contributed by atoms with Gasteiger partial charge in [0.15, 0.2) is 17.0 Å². The number of methoxy groups -OCH3 is 2. The van der Waals surface area contributed by atoms with Gasteiger partial charge in [0.1, 0.15) is 22.7 Å². The number of anilines is 1. The molecule has 2 aliphatic heterocycles. The monoisotopic (exact) mass is 444 g/mol. The van der Waals surface area contributed by atoms with Crippen molar-refractivity contribution < 1.29 is 17.9 Å². The highest BCUT2D eigenvalue weighted by molar-refractivity contribution is 7.89. The van der Waals surface area contributed by atoms with Gasteiger partial charge in [-0.1, -0.05) is 0 Å². The van der Waals surface area contributed by atoms with Crippen LogP contribution < -0.4 is 14.4 Å². The van der Waals surface area contributed by atoms with Crippen molar-refractivity contribution in [2.75, 3.05) is 45.3 Å². The third-order valence-electron chi connectivity index (χ3n) is 6.22. The minimum atomic E-state index is -3.70. The van der Waals surface area contributed by atoms with Crippen LogP contribution in [-0.2, 0) is 17.1 Å². The zero-order chi connectivity index (χ0) is 21.8. The summed E-state index contributed by atoms with van der Waals surface area (Å²) in [6.45, 7) is 2.38. The average Bonchev–Trinajstić information content (AvgIpc) is 3.47. The molecule has 4 heterocycles. The smallest absolute Gasteiger partial charge is 0.246 e. The molecule has 2 unspecified atom stereocenters. The molecule has 0 bridgehead atoms. The minimum absolute atomic E-state index is 0.136. The summed E-state index contributed by atoms with van der Waals surface area (Å²) in [4.78, 5) is 15.6. The molecule has 11 heteroatoms. The van der Waals surface area contributed by atoms with E-state index in [9.17, 15) is 8.42 Å². The number of ether oxygens (including phenoxy) is 2. The van der Waals surface area contributed by atoms with Crippen LogP contribution in [0.25, 0.3) is 11.2 Å². The lowest BCUT2D eigenvalue weighted by molar-refractivity contribution is 0.387. The lowest BCUT2D eigenvalue weighted by Crippen LogP contribution is -2.33. The molecule has 31 heavy (non-hydrogen) atoms. The fraction of sp³-hybridized carbons (Fsp3) is 0.450. The van der Waals surface area contributed by atoms with Crippen molar-refractivity contribution in [3.8, 4) is 11.5 Å². The molecular weight excluding hydrogens is 420 g/mol. The van der Waals surface area contributed by atoms with E-state index in [2.05, 4.69) is 19.9 Å². The Kier molecular flexibility index (Phi) is 4.74. The number of aryl methyl sites for hydroxylation is 1. The molecule has 2 aliphatic rings. The lowest BCUT2D eigenvalue weighted by Gasteiger charge is -2.23. The second-order valence-corrected chi connectivity index (χ2v) is 9.90. The quantitative estimate of drug-likeness (QED) is 0.577. The molecule has 0 saturated carbocycles. The number of aromatic nitrogens is 4. The zero-order valence-corrected chi connectivity index (χ0v) is 18.4. The summed E-state index contributed by atoms with van der Waals surface area (Å²) in [6, 6.07) is 4.83. The molecule has 0 spiro atoms. The Labute approximate surface area is 180 Å². The molecule has 2 atom stereocenters. The first-order chi connectivity index (χ1) is 14.9. The molecule has 2 saturated heterocycles. The number of imidazole rings is 1. The summed E-state index contributed by atoms with van der Waals surface area (Å²) in [5.41, 5.74) is 1.56. The first-order valence-corrected chi connectivity index (χ1v) is 11.5. The van der Waals surface area contributed by atoms with Gasteiger partial charge in [-0.25, -0.2) is 23.4 Å². The molecule has 0 radical (unpaired) electrons. The standard InChI is InChI=1S/C20H24N6O4S/c1-24-12-23-18-19(24)21-11-22-20(18)25-7-13-9-26(10-14(13)8-25)31(27,28)17-6-15(29-2)4-5-16(17)30-3/h4-6,11-14H,7-10H2,1-3H3. The maximum absolute atomic E-state index is 13.4. The molecule has 2 aromatic heterocycles. The van der Waals surface area contributed by atoms with Crippen LogP contribution in [0.15, 0.2) is 35.7 Å². The van der Waals surface area contributed by atoms with Crippen LogP contribution in [0.1, 0.15) is 0 Å². The van der Waals surface area contributed by atoms with Crippen LogP contribution in [0.5, 0.6) is 11.5 Å². The predicted octanol–water partition coefficient (Wildman–Crippen LogP) is 1.14. The normalized spacial score (nSPS) is 21.6. The average molecular weight is 445 g/mol. The number of sulfonamides is 1. The Balaban J connectivity index is 1.38. The first kappa shape index (κ1) is 20.0. The molecule has 2 fully saturated rings. The number of hydrogen-bond donors (Lipinski definition) is 0. The maximum Gasteiger partial charge on any atom is 0.246 e. The highest BCUT2D eigenvalue weighted by Crippen LogP contribution is 2.39. The van der Waals surface area contributed by atoms with Crippen molar-refractivity contribution in [3.63, 3.8) is 0 Å². The van der Waals surface area contributed by atoms with Gasteiger partial charge in [0.2, 0.25) is 10.0 Å². The minimum Gasteiger partial charge on any atom is -0.497 e. The third kappa shape index (κ3) is 3.19. The predicted molar refractivity (Wildman–Crippen MR) is 114 cm³/mol. The Hall–Kier alpha value is -2.92. The van der Waals surface area contributed by atoms with Crippen molar-refractivity contribution >= 4 is 27.0 Å². The summed E-state index contributed by atoms with van der Waals surface area (Å²) >= 11 is 0. The summed E-state index contributed by atoms with van der Waals surface area (Å²) in [5.74, 6) is 2.05. The van der Waals surface area contributed by atoms with Gasteiger partial charge in [-0.05, 0) is 24.0 Å². The summed E-state index contributed by atoms with van der Waals surface area (Å²) in [5, 5.41) is 0. The molecule has 0 N–H and O–H groups in total. The summed E-state index contributed by atoms with van der Waals surface area (Å²) < 4.78 is 40.7. The molecule has 0 aliphatic carbocycles. The van der Waals surface area contributed by atoms with Crippen LogP contribution in [-0.4, -0.2) is 72.6 Å². The van der Waals surface area contributed by atoms with E-state index in [0.717, 1.165) is 30.1 Å².